The summed E-state index contributed by atoms with van der Waals surface area (Å²) in [5.74, 6) is -1.10. The molecule has 2 atom stereocenters. The topological polar surface area (TPSA) is 76.3 Å². The average Bonchev–Trinajstić information content (AvgIpc) is 3.37. The molecule has 7 nitrogen and oxygen atoms in total. The molecule has 4 heterocycles. The van der Waals surface area contributed by atoms with Crippen molar-refractivity contribution in [2.45, 2.75) is 37.6 Å². The van der Waals surface area contributed by atoms with Gasteiger partial charge in [0.05, 0.1) is 31.0 Å². The Labute approximate surface area is 183 Å². The second-order valence-corrected chi connectivity index (χ2v) is 8.23. The number of hydrogen-bond acceptors (Lipinski definition) is 5. The summed E-state index contributed by atoms with van der Waals surface area (Å²) < 4.78 is 41.8. The molecule has 0 amide bonds. The zero-order valence-electron chi connectivity index (χ0n) is 17.3. The first-order chi connectivity index (χ1) is 15.5. The molecule has 1 aromatic carbocycles. The number of anilines is 1. The molecular formula is C23H23F2N3O4. The van der Waals surface area contributed by atoms with E-state index in [-0.39, 0.29) is 24.6 Å². The summed E-state index contributed by atoms with van der Waals surface area (Å²) in [6, 6.07) is 7.57. The highest BCUT2D eigenvalue weighted by molar-refractivity contribution is 5.95. The van der Waals surface area contributed by atoms with Gasteiger partial charge >= 0.3 is 5.97 Å². The van der Waals surface area contributed by atoms with Gasteiger partial charge in [-0.05, 0) is 29.8 Å². The van der Waals surface area contributed by atoms with Crippen LogP contribution in [0.3, 0.4) is 0 Å². The summed E-state index contributed by atoms with van der Waals surface area (Å²) in [5, 5.41) is 13.5. The van der Waals surface area contributed by atoms with Gasteiger partial charge in [-0.2, -0.15) is 5.10 Å². The molecule has 0 bridgehead atoms. The molecule has 5 rings (SSSR count). The van der Waals surface area contributed by atoms with Gasteiger partial charge in [0.15, 0.2) is 0 Å². The van der Waals surface area contributed by atoms with Gasteiger partial charge in [-0.25, -0.2) is 18.1 Å². The van der Waals surface area contributed by atoms with Crippen molar-refractivity contribution in [3.05, 3.63) is 59.7 Å². The number of aromatic nitrogens is 2. The van der Waals surface area contributed by atoms with E-state index < -0.39 is 24.0 Å². The quantitative estimate of drug-likeness (QED) is 0.642. The fraction of sp³-hybridized carbons (Fsp3) is 0.391. The van der Waals surface area contributed by atoms with Crippen molar-refractivity contribution in [3.8, 4) is 5.75 Å². The summed E-state index contributed by atoms with van der Waals surface area (Å²) in [7, 11) is 0. The van der Waals surface area contributed by atoms with Crippen LogP contribution in [0.5, 0.6) is 5.75 Å². The first-order valence-corrected chi connectivity index (χ1v) is 10.6. The van der Waals surface area contributed by atoms with Crippen LogP contribution < -0.4 is 9.64 Å². The number of carboxylic acids is 1. The van der Waals surface area contributed by atoms with Crippen molar-refractivity contribution in [2.75, 3.05) is 24.7 Å². The van der Waals surface area contributed by atoms with E-state index in [0.717, 1.165) is 12.8 Å². The van der Waals surface area contributed by atoms with Crippen LogP contribution in [0.25, 0.3) is 5.52 Å². The van der Waals surface area contributed by atoms with E-state index in [9.17, 15) is 18.7 Å². The molecule has 32 heavy (non-hydrogen) atoms. The van der Waals surface area contributed by atoms with E-state index >= 15 is 0 Å². The third kappa shape index (κ3) is 4.00. The second-order valence-electron chi connectivity index (χ2n) is 8.23. The monoisotopic (exact) mass is 443 g/mol. The van der Waals surface area contributed by atoms with Gasteiger partial charge in [-0.1, -0.05) is 0 Å². The number of benzene rings is 1. The molecule has 3 aromatic rings. The Balaban J connectivity index is 1.47. The van der Waals surface area contributed by atoms with E-state index in [0.29, 0.717) is 35.7 Å². The van der Waals surface area contributed by atoms with Gasteiger partial charge in [0, 0.05) is 43.8 Å². The third-order valence-corrected chi connectivity index (χ3v) is 6.07. The number of alkyl halides is 1. The minimum absolute atomic E-state index is 0.0364. The predicted octanol–water partition coefficient (Wildman–Crippen LogP) is 4.02. The lowest BCUT2D eigenvalue weighted by Crippen LogP contribution is -2.26. The Morgan fingerprint density at radius 2 is 2.03 bits per heavy atom. The normalized spacial score (nSPS) is 21.9. The Bertz CT molecular complexity index is 1150. The van der Waals surface area contributed by atoms with Crippen LogP contribution in [-0.2, 0) is 4.74 Å². The van der Waals surface area contributed by atoms with E-state index in [4.69, 9.17) is 9.47 Å². The van der Waals surface area contributed by atoms with Crippen LogP contribution in [0.15, 0.2) is 42.7 Å². The second kappa shape index (κ2) is 8.38. The third-order valence-electron chi connectivity index (χ3n) is 6.07. The largest absolute Gasteiger partial charge is 0.490 e. The first kappa shape index (κ1) is 20.7. The van der Waals surface area contributed by atoms with Crippen LogP contribution in [0.4, 0.5) is 14.5 Å². The first-order valence-electron chi connectivity index (χ1n) is 10.6. The number of hydrogen-bond donors (Lipinski definition) is 1. The molecule has 2 aliphatic rings. The van der Waals surface area contributed by atoms with E-state index in [2.05, 4.69) is 5.10 Å². The van der Waals surface area contributed by atoms with Crippen molar-refractivity contribution < 1.29 is 28.2 Å². The number of halogens is 2. The van der Waals surface area contributed by atoms with Crippen LogP contribution in [0.2, 0.25) is 0 Å². The van der Waals surface area contributed by atoms with Gasteiger partial charge in [-0.3, -0.25) is 0 Å². The number of carbonyl (C=O) groups is 1. The number of carboxylic acid groups (broad SMARTS) is 1. The highest BCUT2D eigenvalue weighted by Crippen LogP contribution is 2.39. The van der Waals surface area contributed by atoms with Gasteiger partial charge < -0.3 is 19.5 Å². The summed E-state index contributed by atoms with van der Waals surface area (Å²) >= 11 is 0. The van der Waals surface area contributed by atoms with Crippen LogP contribution in [-0.4, -0.2) is 52.7 Å². The Kier molecular flexibility index (Phi) is 5.42. The van der Waals surface area contributed by atoms with E-state index in [1.54, 1.807) is 24.4 Å². The fourth-order valence-corrected chi connectivity index (χ4v) is 4.53. The van der Waals surface area contributed by atoms with Crippen molar-refractivity contribution in [1.29, 1.82) is 0 Å². The highest BCUT2D eigenvalue weighted by Gasteiger charge is 2.34. The van der Waals surface area contributed by atoms with Crippen LogP contribution in [0.1, 0.15) is 41.2 Å². The number of rotatable bonds is 5. The molecule has 2 aromatic heterocycles. The molecule has 9 heteroatoms. The summed E-state index contributed by atoms with van der Waals surface area (Å²) in [6.45, 7) is 1.36. The molecule has 1 N–H and O–H groups in total. The lowest BCUT2D eigenvalue weighted by molar-refractivity contribution is 0.0254. The molecule has 2 aliphatic heterocycles. The van der Waals surface area contributed by atoms with Crippen molar-refractivity contribution in [3.63, 3.8) is 0 Å². The molecule has 168 valence electrons. The number of nitrogens with zero attached hydrogens (tertiary/aromatic N) is 3. The molecule has 0 spiro atoms. The number of ether oxygens (including phenoxy) is 2. The van der Waals surface area contributed by atoms with Gasteiger partial charge in [-0.15, -0.1) is 0 Å². The van der Waals surface area contributed by atoms with Gasteiger partial charge in [0.25, 0.3) is 0 Å². The van der Waals surface area contributed by atoms with Crippen LogP contribution in [0, 0.1) is 5.82 Å². The molecule has 2 fully saturated rings. The van der Waals surface area contributed by atoms with Crippen LogP contribution >= 0.6 is 0 Å². The van der Waals surface area contributed by atoms with E-state index in [1.807, 2.05) is 4.90 Å². The minimum atomic E-state index is -1.09. The maximum Gasteiger partial charge on any atom is 0.339 e. The molecule has 0 unspecified atom stereocenters. The molecule has 0 saturated carbocycles. The number of aromatic carboxylic acids is 1. The van der Waals surface area contributed by atoms with Crippen molar-refractivity contribution >= 4 is 17.2 Å². The zero-order valence-corrected chi connectivity index (χ0v) is 17.3. The van der Waals surface area contributed by atoms with Crippen molar-refractivity contribution in [2.24, 2.45) is 0 Å². The van der Waals surface area contributed by atoms with Gasteiger partial charge in [0.2, 0.25) is 0 Å². The fourth-order valence-electron chi connectivity index (χ4n) is 4.53. The molecule has 0 radical (unpaired) electrons. The lowest BCUT2D eigenvalue weighted by atomic mass is 10.0. The number of pyridine rings is 1. The van der Waals surface area contributed by atoms with Gasteiger partial charge in [0.1, 0.15) is 29.4 Å². The maximum absolute atomic E-state index is 14.5. The summed E-state index contributed by atoms with van der Waals surface area (Å²) in [4.78, 5) is 13.3. The minimum Gasteiger partial charge on any atom is -0.490 e. The number of fused-ring (bicyclic) bond motifs is 1. The average molecular weight is 443 g/mol. The maximum atomic E-state index is 14.5. The SMILES string of the molecule is O=C(O)c1cnn2ccc(N3C[C@@H](F)C[C@@H]3c3cc(F)cc(OC4CCOCC4)c3)cc12. The molecular weight excluding hydrogens is 420 g/mol. The molecule has 0 aliphatic carbocycles. The Morgan fingerprint density at radius 1 is 1.22 bits per heavy atom. The van der Waals surface area contributed by atoms with Crippen molar-refractivity contribution in [1.82, 2.24) is 9.61 Å². The summed E-state index contributed by atoms with van der Waals surface area (Å²) in [6.07, 6.45) is 3.49. The Hall–Kier alpha value is -3.20. The zero-order chi connectivity index (χ0) is 22.2. The smallest absolute Gasteiger partial charge is 0.339 e. The predicted molar refractivity (Wildman–Crippen MR) is 113 cm³/mol. The Morgan fingerprint density at radius 3 is 2.81 bits per heavy atom. The van der Waals surface area contributed by atoms with E-state index in [1.165, 1.54) is 22.8 Å². The standard InChI is InChI=1S/C23H23F2N3O4/c24-15-7-14(8-19(9-15)32-18-2-5-31-6-3-18)21-10-16(25)13-27(21)17-1-4-28-22(11-17)20(12-26-28)23(29)30/h1,4,7-9,11-12,16,18,21H,2-3,5-6,10,13H2,(H,29,30)/t16-,21+/m0/s1. The summed E-state index contributed by atoms with van der Waals surface area (Å²) in [5.41, 5.74) is 1.76. The lowest BCUT2D eigenvalue weighted by Gasteiger charge is -2.28. The highest BCUT2D eigenvalue weighted by atomic mass is 19.1. The molecule has 2 saturated heterocycles.